The highest BCUT2D eigenvalue weighted by Gasteiger charge is 2.23. The summed E-state index contributed by atoms with van der Waals surface area (Å²) in [6, 6.07) is 11.4. The van der Waals surface area contributed by atoms with Crippen molar-refractivity contribution in [1.29, 1.82) is 0 Å². The average Bonchev–Trinajstić information content (AvgIpc) is 3.30. The van der Waals surface area contributed by atoms with Crippen molar-refractivity contribution >= 4 is 80.0 Å². The van der Waals surface area contributed by atoms with Crippen LogP contribution in [0.3, 0.4) is 0 Å². The number of thioether (sulfide) groups is 1. The van der Waals surface area contributed by atoms with E-state index >= 15 is 0 Å². The van der Waals surface area contributed by atoms with Gasteiger partial charge in [0.1, 0.15) is 11.3 Å². The van der Waals surface area contributed by atoms with E-state index in [1.165, 1.54) is 11.3 Å². The number of morpholine rings is 1. The quantitative estimate of drug-likeness (QED) is 0.209. The number of hydrogen-bond donors (Lipinski definition) is 0. The van der Waals surface area contributed by atoms with Crippen molar-refractivity contribution in [1.82, 2.24) is 9.88 Å². The monoisotopic (exact) mass is 575 g/mol. The van der Waals surface area contributed by atoms with Gasteiger partial charge in [0.05, 0.1) is 30.0 Å². The van der Waals surface area contributed by atoms with Crippen molar-refractivity contribution < 1.29 is 14.3 Å². The molecule has 0 atom stereocenters. The molecule has 0 N–H and O–H groups in total. The molecule has 1 saturated heterocycles. The topological polar surface area (TPSA) is 54.9 Å². The molecule has 1 fully saturated rings. The molecule has 0 bridgehead atoms. The number of benzene rings is 2. The molecule has 1 aliphatic rings. The van der Waals surface area contributed by atoms with E-state index in [1.807, 2.05) is 35.2 Å². The van der Waals surface area contributed by atoms with Crippen LogP contribution in [-0.4, -0.2) is 68.0 Å². The number of halogens is 3. The van der Waals surface area contributed by atoms with Gasteiger partial charge in [-0.2, -0.15) is 0 Å². The first-order chi connectivity index (χ1) is 16.5. The summed E-state index contributed by atoms with van der Waals surface area (Å²) >= 11 is 15.6. The molecule has 1 aromatic heterocycles. The van der Waals surface area contributed by atoms with Gasteiger partial charge in [0.15, 0.2) is 5.13 Å². The largest absolute Gasteiger partial charge is 0.494 e. The minimum Gasteiger partial charge on any atom is -0.494 e. The van der Waals surface area contributed by atoms with Crippen molar-refractivity contribution in [2.45, 2.75) is 17.7 Å². The van der Waals surface area contributed by atoms with Gasteiger partial charge in [-0.25, -0.2) is 4.98 Å². The van der Waals surface area contributed by atoms with Crippen LogP contribution in [0.15, 0.2) is 41.3 Å². The van der Waals surface area contributed by atoms with E-state index in [4.69, 9.17) is 37.7 Å². The van der Waals surface area contributed by atoms with Gasteiger partial charge in [0.2, 0.25) is 5.91 Å². The first kappa shape index (κ1) is 28.3. The second-order valence-corrected chi connectivity index (χ2v) is 10.8. The number of ether oxygens (including phenoxy) is 2. The maximum absolute atomic E-state index is 13.3. The van der Waals surface area contributed by atoms with Gasteiger partial charge in [-0.15, -0.1) is 24.2 Å². The highest BCUT2D eigenvalue weighted by atomic mass is 35.5. The Morgan fingerprint density at radius 1 is 1.20 bits per heavy atom. The predicted octanol–water partition coefficient (Wildman–Crippen LogP) is 6.27. The highest BCUT2D eigenvalue weighted by Crippen LogP contribution is 2.39. The standard InChI is InChI=1S/C24H27Cl2N3O3S2.ClH/c1-31-20-9-8-19(26)23-22(20)27-24(34-23)29(11-10-28-12-14-32-15-13-28)21(30)3-2-16-33-18-6-4-17(25)5-7-18;/h4-9H,2-3,10-16H2,1H3;1H. The Hall–Kier alpha value is -1.26. The third-order valence-electron chi connectivity index (χ3n) is 5.56. The Labute approximate surface area is 230 Å². The molecule has 0 radical (unpaired) electrons. The number of hydrogen-bond acceptors (Lipinski definition) is 7. The number of thiazole rings is 1. The molecule has 4 rings (SSSR count). The Bertz CT molecular complexity index is 1110. The van der Waals surface area contributed by atoms with E-state index in [0.29, 0.717) is 34.4 Å². The van der Waals surface area contributed by atoms with Gasteiger partial charge < -0.3 is 9.47 Å². The van der Waals surface area contributed by atoms with Crippen LogP contribution in [0.1, 0.15) is 12.8 Å². The lowest BCUT2D eigenvalue weighted by Gasteiger charge is -2.29. The molecule has 0 spiro atoms. The van der Waals surface area contributed by atoms with E-state index < -0.39 is 0 Å². The number of carbonyl (C=O) groups is 1. The summed E-state index contributed by atoms with van der Waals surface area (Å²) in [6.07, 6.45) is 1.22. The molecular weight excluding hydrogens is 549 g/mol. The van der Waals surface area contributed by atoms with E-state index in [1.54, 1.807) is 24.9 Å². The second-order valence-electron chi connectivity index (χ2n) is 7.83. The Morgan fingerprint density at radius 3 is 2.66 bits per heavy atom. The second kappa shape index (κ2) is 13.9. The van der Waals surface area contributed by atoms with Crippen molar-refractivity contribution in [3.05, 3.63) is 46.4 Å². The number of aromatic nitrogens is 1. The fraction of sp³-hybridized carbons (Fsp3) is 0.417. The number of carbonyl (C=O) groups excluding carboxylic acids is 1. The Morgan fingerprint density at radius 2 is 1.94 bits per heavy atom. The summed E-state index contributed by atoms with van der Waals surface area (Å²) < 4.78 is 11.8. The number of amides is 1. The average molecular weight is 577 g/mol. The third-order valence-corrected chi connectivity index (χ3v) is 8.45. The fourth-order valence-corrected chi connectivity index (χ4v) is 5.97. The molecule has 11 heteroatoms. The van der Waals surface area contributed by atoms with E-state index in [-0.39, 0.29) is 18.3 Å². The molecule has 35 heavy (non-hydrogen) atoms. The number of methoxy groups -OCH3 is 1. The number of fused-ring (bicyclic) bond motifs is 1. The van der Waals surface area contributed by atoms with Crippen LogP contribution in [0, 0.1) is 0 Å². The lowest BCUT2D eigenvalue weighted by atomic mass is 10.3. The Balaban J connectivity index is 0.00000342. The molecule has 6 nitrogen and oxygen atoms in total. The zero-order chi connectivity index (χ0) is 23.9. The summed E-state index contributed by atoms with van der Waals surface area (Å²) in [5, 5.41) is 1.99. The van der Waals surface area contributed by atoms with Gasteiger partial charge in [0.25, 0.3) is 0 Å². The van der Waals surface area contributed by atoms with Crippen LogP contribution in [-0.2, 0) is 9.53 Å². The SMILES string of the molecule is COc1ccc(Cl)c2sc(N(CCN3CCOCC3)C(=O)CCCSc3ccc(Cl)cc3)nc12.Cl. The van der Waals surface area contributed by atoms with Crippen LogP contribution >= 0.6 is 58.7 Å². The van der Waals surface area contributed by atoms with Crippen molar-refractivity contribution in [2.24, 2.45) is 0 Å². The highest BCUT2D eigenvalue weighted by molar-refractivity contribution is 7.99. The van der Waals surface area contributed by atoms with Crippen molar-refractivity contribution in [3.63, 3.8) is 0 Å². The Kier molecular flexibility index (Phi) is 11.2. The summed E-state index contributed by atoms with van der Waals surface area (Å²) in [4.78, 5) is 23.4. The molecule has 3 aromatic rings. The normalized spacial score (nSPS) is 14.0. The van der Waals surface area contributed by atoms with Crippen LogP contribution in [0.4, 0.5) is 5.13 Å². The molecule has 0 saturated carbocycles. The molecule has 2 aromatic carbocycles. The van der Waals surface area contributed by atoms with Crippen LogP contribution < -0.4 is 9.64 Å². The maximum atomic E-state index is 13.3. The first-order valence-corrected chi connectivity index (χ1v) is 13.7. The van der Waals surface area contributed by atoms with Crippen LogP contribution in [0.25, 0.3) is 10.2 Å². The number of nitrogens with zero attached hydrogens (tertiary/aromatic N) is 3. The van der Waals surface area contributed by atoms with Crippen molar-refractivity contribution in [3.8, 4) is 5.75 Å². The molecule has 2 heterocycles. The zero-order valence-electron chi connectivity index (χ0n) is 19.4. The van der Waals surface area contributed by atoms with Gasteiger partial charge in [-0.05, 0) is 48.6 Å². The first-order valence-electron chi connectivity index (χ1n) is 11.2. The van der Waals surface area contributed by atoms with E-state index in [9.17, 15) is 4.79 Å². The van der Waals surface area contributed by atoms with E-state index in [2.05, 4.69) is 4.90 Å². The third kappa shape index (κ3) is 7.61. The minimum absolute atomic E-state index is 0. The smallest absolute Gasteiger partial charge is 0.228 e. The van der Waals surface area contributed by atoms with Gasteiger partial charge in [-0.3, -0.25) is 14.6 Å². The molecule has 0 aliphatic carbocycles. The molecule has 1 amide bonds. The molecule has 1 aliphatic heterocycles. The van der Waals surface area contributed by atoms with Crippen LogP contribution in [0.2, 0.25) is 10.0 Å². The zero-order valence-corrected chi connectivity index (χ0v) is 23.3. The lowest BCUT2D eigenvalue weighted by Crippen LogP contribution is -2.43. The lowest BCUT2D eigenvalue weighted by molar-refractivity contribution is -0.118. The molecule has 0 unspecified atom stereocenters. The predicted molar refractivity (Wildman–Crippen MR) is 149 cm³/mol. The molecule has 190 valence electrons. The van der Waals surface area contributed by atoms with Gasteiger partial charge >= 0.3 is 0 Å². The van der Waals surface area contributed by atoms with Gasteiger partial charge in [-0.1, -0.05) is 34.5 Å². The summed E-state index contributed by atoms with van der Waals surface area (Å²) in [6.45, 7) is 4.55. The summed E-state index contributed by atoms with van der Waals surface area (Å²) in [5.41, 5.74) is 0.692. The maximum Gasteiger partial charge on any atom is 0.228 e. The number of rotatable bonds is 10. The summed E-state index contributed by atoms with van der Waals surface area (Å²) in [5.74, 6) is 1.57. The van der Waals surface area contributed by atoms with Crippen LogP contribution in [0.5, 0.6) is 5.75 Å². The fourth-order valence-electron chi connectivity index (χ4n) is 3.69. The molecular formula is C24H28Cl3N3O3S2. The van der Waals surface area contributed by atoms with Crippen molar-refractivity contribution in [2.75, 3.05) is 57.2 Å². The van der Waals surface area contributed by atoms with Gasteiger partial charge in [0, 0.05) is 42.5 Å². The number of anilines is 1. The summed E-state index contributed by atoms with van der Waals surface area (Å²) in [7, 11) is 1.61. The minimum atomic E-state index is 0. The van der Waals surface area contributed by atoms with E-state index in [0.717, 1.165) is 59.6 Å².